The van der Waals surface area contributed by atoms with E-state index in [2.05, 4.69) is 43.1 Å². The van der Waals surface area contributed by atoms with Gasteiger partial charge in [-0.2, -0.15) is 0 Å². The lowest BCUT2D eigenvalue weighted by molar-refractivity contribution is 0.690. The van der Waals surface area contributed by atoms with Crippen molar-refractivity contribution in [3.05, 3.63) is 9.89 Å². The van der Waals surface area contributed by atoms with Gasteiger partial charge in [0.15, 0.2) is 0 Å². The molecule has 0 aliphatic carbocycles. The van der Waals surface area contributed by atoms with Gasteiger partial charge in [-0.15, -0.1) is 0 Å². The highest BCUT2D eigenvalue weighted by atomic mass is 79.9. The molecule has 0 radical (unpaired) electrons. The molecule has 0 aromatic heterocycles. The lowest BCUT2D eigenvalue weighted by Crippen LogP contribution is -2.08. The summed E-state index contributed by atoms with van der Waals surface area (Å²) >= 11 is 7.25. The average Bonchev–Trinajstić information content (AvgIpc) is 2.26. The van der Waals surface area contributed by atoms with Gasteiger partial charge >= 0.3 is 0 Å². The highest BCUT2D eigenvalue weighted by Crippen LogP contribution is 2.36. The summed E-state index contributed by atoms with van der Waals surface area (Å²) in [5, 5.41) is 3.17. The maximum atomic E-state index is 3.70. The van der Waals surface area contributed by atoms with Gasteiger partial charge in [-0.1, -0.05) is 29.3 Å². The molecule has 2 atom stereocenters. The van der Waals surface area contributed by atoms with E-state index >= 15 is 0 Å². The second-order valence-electron chi connectivity index (χ2n) is 2.85. The maximum Gasteiger partial charge on any atom is 0.238 e. The molecule has 0 saturated carbocycles. The van der Waals surface area contributed by atoms with Crippen LogP contribution in [0.3, 0.4) is 0 Å². The second-order valence-corrected chi connectivity index (χ2v) is 7.64. The fourth-order valence-electron chi connectivity index (χ4n) is 1.21. The molecule has 1 aliphatic rings. The summed E-state index contributed by atoms with van der Waals surface area (Å²) in [6.45, 7) is 2.25. The highest BCUT2D eigenvalue weighted by molar-refractivity contribution is 9.49. The smallest absolute Gasteiger partial charge is 0.0654 e. The van der Waals surface area contributed by atoms with Crippen LogP contribution < -0.4 is 0 Å². The molecule has 1 aliphatic heterocycles. The van der Waals surface area contributed by atoms with Crippen molar-refractivity contribution in [2.45, 2.75) is 37.9 Å². The Hall–Kier alpha value is 1.05. The SMILES string of the molecule is CCCCC1CC(Br)=C[S+]1Br. The Bertz CT molecular complexity index is 156. The molecule has 0 aromatic carbocycles. The molecule has 11 heavy (non-hydrogen) atoms. The van der Waals surface area contributed by atoms with E-state index in [0.717, 1.165) is 5.25 Å². The van der Waals surface area contributed by atoms with Gasteiger partial charge in [0.1, 0.15) is 10.7 Å². The number of unbranched alkanes of at least 4 members (excludes halogenated alkanes) is 1. The normalized spacial score (nSPS) is 30.6. The fourth-order valence-corrected chi connectivity index (χ4v) is 6.07. The first kappa shape index (κ1) is 10.1. The molecule has 0 saturated heterocycles. The molecule has 1 heterocycles. The summed E-state index contributed by atoms with van der Waals surface area (Å²) in [7, 11) is 0.361. The minimum absolute atomic E-state index is 0.361. The van der Waals surface area contributed by atoms with E-state index in [0.29, 0.717) is 9.33 Å². The van der Waals surface area contributed by atoms with Gasteiger partial charge in [-0.25, -0.2) is 0 Å². The molecule has 2 unspecified atom stereocenters. The van der Waals surface area contributed by atoms with Crippen molar-refractivity contribution in [2.24, 2.45) is 0 Å². The van der Waals surface area contributed by atoms with Crippen LogP contribution in [0.15, 0.2) is 9.89 Å². The standard InChI is InChI=1S/C8H13Br2S/c1-2-3-4-8-5-7(9)6-11(8)10/h6,8H,2-5H2,1H3/q+1. The van der Waals surface area contributed by atoms with Gasteiger partial charge in [0, 0.05) is 10.9 Å². The number of hydrogen-bond acceptors (Lipinski definition) is 0. The van der Waals surface area contributed by atoms with Gasteiger partial charge in [0.25, 0.3) is 0 Å². The third-order valence-corrected chi connectivity index (χ3v) is 6.41. The monoisotopic (exact) mass is 299 g/mol. The first-order valence-electron chi connectivity index (χ1n) is 3.98. The summed E-state index contributed by atoms with van der Waals surface area (Å²) < 4.78 is 1.39. The zero-order valence-electron chi connectivity index (χ0n) is 6.65. The molecule has 0 spiro atoms. The van der Waals surface area contributed by atoms with Gasteiger partial charge in [0.2, 0.25) is 14.8 Å². The summed E-state index contributed by atoms with van der Waals surface area (Å²) in [4.78, 5) is 0. The predicted molar refractivity (Wildman–Crippen MR) is 61.2 cm³/mol. The van der Waals surface area contributed by atoms with E-state index in [9.17, 15) is 0 Å². The predicted octanol–water partition coefficient (Wildman–Crippen LogP) is 4.11. The molecule has 0 nitrogen and oxygen atoms in total. The molecule has 0 bridgehead atoms. The van der Waals surface area contributed by atoms with Crippen LogP contribution >= 0.6 is 30.7 Å². The molecule has 64 valence electrons. The Morgan fingerprint density at radius 1 is 1.73 bits per heavy atom. The quantitative estimate of drug-likeness (QED) is 0.688. The number of halogens is 2. The van der Waals surface area contributed by atoms with Crippen LogP contribution in [0.25, 0.3) is 0 Å². The summed E-state index contributed by atoms with van der Waals surface area (Å²) in [5.74, 6) is 0. The Morgan fingerprint density at radius 3 is 2.91 bits per heavy atom. The lowest BCUT2D eigenvalue weighted by atomic mass is 10.1. The van der Waals surface area contributed by atoms with Crippen molar-refractivity contribution in [3.63, 3.8) is 0 Å². The average molecular weight is 301 g/mol. The number of hydrogen-bond donors (Lipinski definition) is 0. The topological polar surface area (TPSA) is 0 Å². The number of rotatable bonds is 3. The molecule has 0 amide bonds. The maximum absolute atomic E-state index is 3.70. The van der Waals surface area contributed by atoms with E-state index in [-0.39, 0.29) is 0 Å². The van der Waals surface area contributed by atoms with Gasteiger partial charge in [-0.05, 0) is 12.8 Å². The van der Waals surface area contributed by atoms with Crippen LogP contribution in [0.4, 0.5) is 0 Å². The molecular weight excluding hydrogens is 288 g/mol. The summed E-state index contributed by atoms with van der Waals surface area (Å²) in [6.07, 6.45) is 5.30. The van der Waals surface area contributed by atoms with Crippen LogP contribution in [0.5, 0.6) is 0 Å². The molecule has 0 N–H and O–H groups in total. The second kappa shape index (κ2) is 4.93. The minimum atomic E-state index is 0.361. The van der Waals surface area contributed by atoms with Crippen molar-refractivity contribution in [1.29, 1.82) is 0 Å². The largest absolute Gasteiger partial charge is 0.238 e. The molecule has 0 fully saturated rings. The molecular formula is C8H13Br2S+. The van der Waals surface area contributed by atoms with Gasteiger partial charge in [0.05, 0.1) is 9.33 Å². The van der Waals surface area contributed by atoms with Crippen molar-refractivity contribution < 1.29 is 0 Å². The van der Waals surface area contributed by atoms with Crippen LogP contribution in [0, 0.1) is 0 Å². The van der Waals surface area contributed by atoms with Crippen LogP contribution in [-0.2, 0) is 9.33 Å². The van der Waals surface area contributed by atoms with Gasteiger partial charge in [-0.3, -0.25) is 0 Å². The fraction of sp³-hybridized carbons (Fsp3) is 0.750. The Labute approximate surface area is 87.5 Å². The first-order valence-corrected chi connectivity index (χ1v) is 7.97. The summed E-state index contributed by atoms with van der Waals surface area (Å²) in [5.41, 5.74) is 0. The van der Waals surface area contributed by atoms with E-state index in [1.807, 2.05) is 0 Å². The van der Waals surface area contributed by atoms with Gasteiger partial charge < -0.3 is 0 Å². The summed E-state index contributed by atoms with van der Waals surface area (Å²) in [6, 6.07) is 0. The van der Waals surface area contributed by atoms with Crippen molar-refractivity contribution in [3.8, 4) is 0 Å². The van der Waals surface area contributed by atoms with Crippen molar-refractivity contribution in [1.82, 2.24) is 0 Å². The molecule has 3 heteroatoms. The third kappa shape index (κ3) is 3.11. The minimum Gasteiger partial charge on any atom is -0.0654 e. The van der Waals surface area contributed by atoms with Crippen LogP contribution in [0.2, 0.25) is 0 Å². The van der Waals surface area contributed by atoms with E-state index in [1.165, 1.54) is 30.2 Å². The third-order valence-electron chi connectivity index (χ3n) is 1.86. The molecule has 0 aromatic rings. The highest BCUT2D eigenvalue weighted by Gasteiger charge is 2.33. The Balaban J connectivity index is 2.28. The Morgan fingerprint density at radius 2 is 2.45 bits per heavy atom. The lowest BCUT2D eigenvalue weighted by Gasteiger charge is -2.03. The van der Waals surface area contributed by atoms with Crippen LogP contribution in [0.1, 0.15) is 32.6 Å². The van der Waals surface area contributed by atoms with Crippen molar-refractivity contribution >= 4 is 40.1 Å². The zero-order valence-corrected chi connectivity index (χ0v) is 10.6. The zero-order chi connectivity index (χ0) is 8.27. The van der Waals surface area contributed by atoms with Crippen molar-refractivity contribution in [2.75, 3.05) is 0 Å². The van der Waals surface area contributed by atoms with E-state index in [1.54, 1.807) is 0 Å². The molecule has 1 rings (SSSR count). The van der Waals surface area contributed by atoms with E-state index < -0.39 is 0 Å². The van der Waals surface area contributed by atoms with Crippen LogP contribution in [-0.4, -0.2) is 5.25 Å². The number of allylic oxidation sites excluding steroid dienone is 1. The first-order chi connectivity index (χ1) is 5.24. The Kier molecular flexibility index (Phi) is 4.54. The van der Waals surface area contributed by atoms with E-state index in [4.69, 9.17) is 0 Å².